The quantitative estimate of drug-likeness (QED) is 0.469. The fourth-order valence-electron chi connectivity index (χ4n) is 2.42. The van der Waals surface area contributed by atoms with Crippen molar-refractivity contribution >= 4 is 17.6 Å². The molecule has 0 aliphatic carbocycles. The molecule has 0 N–H and O–H groups in total. The first-order chi connectivity index (χ1) is 12.4. The van der Waals surface area contributed by atoms with Gasteiger partial charge < -0.3 is 4.74 Å². The number of aryl methyl sites for hydroxylation is 1. The van der Waals surface area contributed by atoms with Gasteiger partial charge in [0.15, 0.2) is 0 Å². The monoisotopic (exact) mass is 368 g/mol. The Balaban J connectivity index is 2.06. The third kappa shape index (κ3) is 3.81. The Bertz CT molecular complexity index is 917. The van der Waals surface area contributed by atoms with Crippen molar-refractivity contribution in [1.82, 2.24) is 9.78 Å². The number of carbonyl (C=O) groups excluding carboxylic acids is 1. The largest absolute Gasteiger partial charge is 0.407 e. The molecule has 0 saturated carbocycles. The van der Waals surface area contributed by atoms with Crippen molar-refractivity contribution in [3.05, 3.63) is 66.2 Å². The minimum Gasteiger partial charge on any atom is -0.407 e. The van der Waals surface area contributed by atoms with E-state index in [1.54, 1.807) is 24.6 Å². The van der Waals surface area contributed by atoms with E-state index in [1.807, 2.05) is 61.5 Å². The van der Waals surface area contributed by atoms with Gasteiger partial charge in [-0.25, -0.2) is 4.68 Å². The smallest absolute Gasteiger partial charge is 0.319 e. The van der Waals surface area contributed by atoms with Gasteiger partial charge in [0.1, 0.15) is 0 Å². The molecule has 1 heterocycles. The SMILES string of the molecule is Cc1cccc(-n2nc(-c3ccccc3)cc2OC(=O)C(C)(C)CCl)c1. The van der Waals surface area contributed by atoms with Gasteiger partial charge >= 0.3 is 5.97 Å². The van der Waals surface area contributed by atoms with E-state index < -0.39 is 5.41 Å². The van der Waals surface area contributed by atoms with Crippen molar-refractivity contribution in [3.8, 4) is 22.8 Å². The third-order valence-electron chi connectivity index (χ3n) is 4.08. The Morgan fingerprint density at radius 2 is 1.85 bits per heavy atom. The van der Waals surface area contributed by atoms with E-state index >= 15 is 0 Å². The highest BCUT2D eigenvalue weighted by Gasteiger charge is 2.30. The van der Waals surface area contributed by atoms with Crippen LogP contribution in [-0.2, 0) is 4.79 Å². The molecule has 0 aliphatic rings. The van der Waals surface area contributed by atoms with Crippen LogP contribution in [0.2, 0.25) is 0 Å². The van der Waals surface area contributed by atoms with Crippen LogP contribution in [0.4, 0.5) is 0 Å². The molecule has 3 aromatic rings. The summed E-state index contributed by atoms with van der Waals surface area (Å²) in [6.07, 6.45) is 0. The van der Waals surface area contributed by atoms with E-state index in [0.717, 1.165) is 22.5 Å². The molecule has 0 fully saturated rings. The number of aromatic nitrogens is 2. The summed E-state index contributed by atoms with van der Waals surface area (Å²) in [5.74, 6) is 0.161. The second-order valence-corrected chi connectivity index (χ2v) is 7.16. The van der Waals surface area contributed by atoms with E-state index in [9.17, 15) is 4.79 Å². The number of halogens is 1. The number of rotatable bonds is 5. The lowest BCUT2D eigenvalue weighted by molar-refractivity contribution is -0.143. The minimum absolute atomic E-state index is 0.177. The Hall–Kier alpha value is -2.59. The first kappa shape index (κ1) is 18.2. The maximum atomic E-state index is 12.5. The van der Waals surface area contributed by atoms with Gasteiger partial charge in [-0.1, -0.05) is 42.5 Å². The zero-order valence-electron chi connectivity index (χ0n) is 15.1. The van der Waals surface area contributed by atoms with Gasteiger partial charge in [0.2, 0.25) is 5.88 Å². The average Bonchev–Trinajstić information content (AvgIpc) is 3.06. The average molecular weight is 369 g/mol. The van der Waals surface area contributed by atoms with Gasteiger partial charge in [0.25, 0.3) is 0 Å². The molecule has 0 bridgehead atoms. The maximum Gasteiger partial charge on any atom is 0.319 e. The lowest BCUT2D eigenvalue weighted by atomic mass is 9.97. The molecule has 0 unspecified atom stereocenters. The zero-order chi connectivity index (χ0) is 18.7. The molecule has 5 heteroatoms. The van der Waals surface area contributed by atoms with Crippen LogP contribution in [0.1, 0.15) is 19.4 Å². The summed E-state index contributed by atoms with van der Waals surface area (Å²) in [5.41, 5.74) is 2.83. The van der Waals surface area contributed by atoms with Gasteiger partial charge in [-0.2, -0.15) is 5.10 Å². The third-order valence-corrected chi connectivity index (χ3v) is 4.74. The number of alkyl halides is 1. The van der Waals surface area contributed by atoms with Crippen molar-refractivity contribution in [2.75, 3.05) is 5.88 Å². The number of carbonyl (C=O) groups is 1. The molecule has 0 aliphatic heterocycles. The number of benzene rings is 2. The zero-order valence-corrected chi connectivity index (χ0v) is 15.8. The van der Waals surface area contributed by atoms with Crippen molar-refractivity contribution in [2.45, 2.75) is 20.8 Å². The first-order valence-electron chi connectivity index (χ1n) is 8.41. The van der Waals surface area contributed by atoms with E-state index in [1.165, 1.54) is 0 Å². The van der Waals surface area contributed by atoms with E-state index in [0.29, 0.717) is 5.88 Å². The van der Waals surface area contributed by atoms with Crippen molar-refractivity contribution < 1.29 is 9.53 Å². The normalized spacial score (nSPS) is 11.4. The van der Waals surface area contributed by atoms with Crippen LogP contribution < -0.4 is 4.74 Å². The summed E-state index contributed by atoms with van der Waals surface area (Å²) in [6.45, 7) is 5.52. The van der Waals surface area contributed by atoms with Crippen molar-refractivity contribution in [3.63, 3.8) is 0 Å². The number of ether oxygens (including phenoxy) is 1. The van der Waals surface area contributed by atoms with Crippen LogP contribution in [-0.4, -0.2) is 21.6 Å². The molecule has 1 aromatic heterocycles. The highest BCUT2D eigenvalue weighted by atomic mass is 35.5. The summed E-state index contributed by atoms with van der Waals surface area (Å²) in [6, 6.07) is 19.4. The van der Waals surface area contributed by atoms with Crippen molar-refractivity contribution in [1.29, 1.82) is 0 Å². The number of hydrogen-bond acceptors (Lipinski definition) is 3. The standard InChI is InChI=1S/C21H21ClN2O2/c1-15-8-7-11-17(12-15)24-19(26-20(25)21(2,3)14-22)13-18(23-24)16-9-5-4-6-10-16/h4-13H,14H2,1-3H3. The predicted octanol–water partition coefficient (Wildman–Crippen LogP) is 5.02. The lowest BCUT2D eigenvalue weighted by Crippen LogP contribution is -2.31. The van der Waals surface area contributed by atoms with Crippen LogP contribution >= 0.6 is 11.6 Å². The molecule has 0 amide bonds. The summed E-state index contributed by atoms with van der Waals surface area (Å²) in [5, 5.41) is 4.66. The summed E-state index contributed by atoms with van der Waals surface area (Å²) in [4.78, 5) is 12.5. The molecule has 26 heavy (non-hydrogen) atoms. The molecular formula is C21H21ClN2O2. The highest BCUT2D eigenvalue weighted by Crippen LogP contribution is 2.29. The molecule has 0 saturated heterocycles. The number of hydrogen-bond donors (Lipinski definition) is 0. The van der Waals surface area contributed by atoms with E-state index in [4.69, 9.17) is 16.3 Å². The maximum absolute atomic E-state index is 12.5. The van der Waals surface area contributed by atoms with E-state index in [-0.39, 0.29) is 11.8 Å². The number of nitrogens with zero attached hydrogens (tertiary/aromatic N) is 2. The Morgan fingerprint density at radius 3 is 2.50 bits per heavy atom. The predicted molar refractivity (Wildman–Crippen MR) is 104 cm³/mol. The molecule has 4 nitrogen and oxygen atoms in total. The van der Waals surface area contributed by atoms with Crippen LogP contribution in [0.3, 0.4) is 0 Å². The molecule has 0 radical (unpaired) electrons. The van der Waals surface area contributed by atoms with Crippen LogP contribution in [0, 0.1) is 12.3 Å². The molecule has 0 spiro atoms. The summed E-state index contributed by atoms with van der Waals surface area (Å²) < 4.78 is 7.33. The fraction of sp³-hybridized carbons (Fsp3) is 0.238. The van der Waals surface area contributed by atoms with Gasteiger partial charge in [-0.3, -0.25) is 4.79 Å². The van der Waals surface area contributed by atoms with Gasteiger partial charge in [-0.05, 0) is 38.5 Å². The first-order valence-corrected chi connectivity index (χ1v) is 8.95. The second kappa shape index (κ2) is 7.34. The fourth-order valence-corrected chi connectivity index (χ4v) is 2.53. The second-order valence-electron chi connectivity index (χ2n) is 6.89. The summed E-state index contributed by atoms with van der Waals surface area (Å²) in [7, 11) is 0. The topological polar surface area (TPSA) is 44.1 Å². The molecule has 0 atom stereocenters. The van der Waals surface area contributed by atoms with Gasteiger partial charge in [-0.15, -0.1) is 11.6 Å². The van der Waals surface area contributed by atoms with Crippen LogP contribution in [0.25, 0.3) is 16.9 Å². The molecule has 3 rings (SSSR count). The minimum atomic E-state index is -0.782. The Labute approximate surface area is 158 Å². The molecule has 2 aromatic carbocycles. The van der Waals surface area contributed by atoms with Crippen molar-refractivity contribution in [2.24, 2.45) is 5.41 Å². The van der Waals surface area contributed by atoms with Crippen LogP contribution in [0.15, 0.2) is 60.7 Å². The van der Waals surface area contributed by atoms with Crippen LogP contribution in [0.5, 0.6) is 5.88 Å². The highest BCUT2D eigenvalue weighted by molar-refractivity contribution is 6.19. The van der Waals surface area contributed by atoms with Gasteiger partial charge in [0.05, 0.1) is 16.8 Å². The molecule has 134 valence electrons. The molecular weight excluding hydrogens is 348 g/mol. The lowest BCUT2D eigenvalue weighted by Gasteiger charge is -2.19. The number of esters is 1. The Kier molecular flexibility index (Phi) is 5.14. The Morgan fingerprint density at radius 1 is 1.12 bits per heavy atom. The van der Waals surface area contributed by atoms with E-state index in [2.05, 4.69) is 5.10 Å². The summed E-state index contributed by atoms with van der Waals surface area (Å²) >= 11 is 5.91. The van der Waals surface area contributed by atoms with Gasteiger partial charge in [0, 0.05) is 17.5 Å².